The van der Waals surface area contributed by atoms with Crippen molar-refractivity contribution >= 4 is 22.8 Å². The average molecular weight is 388 g/mol. The lowest BCUT2D eigenvalue weighted by Gasteiger charge is -2.11. The van der Waals surface area contributed by atoms with Gasteiger partial charge in [0.15, 0.2) is 0 Å². The minimum absolute atomic E-state index is 0.230. The molecule has 3 rings (SSSR count). The maximum Gasteiger partial charge on any atom is 0.274 e. The van der Waals surface area contributed by atoms with Crippen LogP contribution >= 0.6 is 0 Å². The third-order valence-corrected chi connectivity index (χ3v) is 4.41. The van der Waals surface area contributed by atoms with Crippen LogP contribution in [0.1, 0.15) is 22.3 Å². The minimum Gasteiger partial charge on any atom is -0.493 e. The second-order valence-electron chi connectivity index (χ2n) is 6.33. The van der Waals surface area contributed by atoms with E-state index < -0.39 is 5.91 Å². The third-order valence-electron chi connectivity index (χ3n) is 4.41. The van der Waals surface area contributed by atoms with Crippen LogP contribution in [0.4, 0.5) is 0 Å². The summed E-state index contributed by atoms with van der Waals surface area (Å²) in [6.07, 6.45) is 2.49. The molecule has 0 bridgehead atoms. The molecular weight excluding hydrogens is 368 g/mol. The van der Waals surface area contributed by atoms with Gasteiger partial charge < -0.3 is 4.74 Å². The fourth-order valence-corrected chi connectivity index (χ4v) is 2.96. The molecule has 3 aromatic carbocycles. The first-order valence-electron chi connectivity index (χ1n) is 9.06. The summed E-state index contributed by atoms with van der Waals surface area (Å²) in [5, 5.41) is 14.5. The number of carbonyl (C=O) groups is 1. The van der Waals surface area contributed by atoms with Crippen molar-refractivity contribution in [1.29, 1.82) is 0 Å². The van der Waals surface area contributed by atoms with Crippen molar-refractivity contribution in [2.75, 3.05) is 13.2 Å². The molecule has 0 aromatic heterocycles. The number of benzene rings is 3. The Morgan fingerprint density at radius 1 is 1.10 bits per heavy atom. The number of hydroxylamine groups is 1. The lowest BCUT2D eigenvalue weighted by atomic mass is 10.1. The molecular formula is C22H20N4O3. The first-order chi connectivity index (χ1) is 14.2. The number of hydrogen-bond acceptors (Lipinski definition) is 4. The first kappa shape index (κ1) is 19.9. The monoisotopic (exact) mass is 388 g/mol. The van der Waals surface area contributed by atoms with Gasteiger partial charge in [0, 0.05) is 28.8 Å². The van der Waals surface area contributed by atoms with E-state index in [-0.39, 0.29) is 6.54 Å². The fourth-order valence-electron chi connectivity index (χ4n) is 2.96. The SMILES string of the molecule is [N-]=[N+]=NC/C(=C\c1ccc(C(=O)NO)cc1)CCOc1cccc2ccccc12. The number of azide groups is 1. The quantitative estimate of drug-likeness (QED) is 0.184. The Kier molecular flexibility index (Phi) is 6.84. The molecule has 0 fully saturated rings. The molecule has 0 aliphatic heterocycles. The van der Waals surface area contributed by atoms with Gasteiger partial charge in [-0.15, -0.1) is 0 Å². The molecule has 7 heteroatoms. The molecule has 0 saturated heterocycles. The standard InChI is InChI=1S/C22H20N4O3/c23-26-24-15-17(14-16-8-10-19(11-9-16)22(27)25-28)12-13-29-21-7-3-5-18-4-1-2-6-20(18)21/h1-11,14,28H,12-13,15H2,(H,25,27)/b17-14-. The highest BCUT2D eigenvalue weighted by Crippen LogP contribution is 2.25. The molecule has 2 N–H and O–H groups in total. The molecule has 0 aliphatic carbocycles. The zero-order chi connectivity index (χ0) is 20.5. The second kappa shape index (κ2) is 9.94. The van der Waals surface area contributed by atoms with E-state index in [4.69, 9.17) is 15.5 Å². The van der Waals surface area contributed by atoms with E-state index in [1.807, 2.05) is 48.5 Å². The highest BCUT2D eigenvalue weighted by molar-refractivity contribution is 5.93. The van der Waals surface area contributed by atoms with Gasteiger partial charge in [0.05, 0.1) is 6.61 Å². The Hall–Kier alpha value is -3.80. The number of nitrogens with one attached hydrogen (secondary N) is 1. The van der Waals surface area contributed by atoms with Gasteiger partial charge in [-0.1, -0.05) is 65.3 Å². The number of hydrogen-bond donors (Lipinski definition) is 2. The minimum atomic E-state index is -0.571. The van der Waals surface area contributed by atoms with Gasteiger partial charge in [-0.05, 0) is 34.7 Å². The van der Waals surface area contributed by atoms with Crippen LogP contribution in [0.25, 0.3) is 27.3 Å². The van der Waals surface area contributed by atoms with Crippen LogP contribution in [0, 0.1) is 0 Å². The predicted molar refractivity (Wildman–Crippen MR) is 112 cm³/mol. The Morgan fingerprint density at radius 3 is 2.62 bits per heavy atom. The van der Waals surface area contributed by atoms with Gasteiger partial charge in [-0.2, -0.15) is 0 Å². The van der Waals surface area contributed by atoms with Crippen LogP contribution in [0.5, 0.6) is 5.75 Å². The van der Waals surface area contributed by atoms with Crippen molar-refractivity contribution in [3.05, 3.63) is 93.9 Å². The zero-order valence-corrected chi connectivity index (χ0v) is 15.7. The van der Waals surface area contributed by atoms with Crippen molar-refractivity contribution in [3.63, 3.8) is 0 Å². The molecule has 0 saturated carbocycles. The third kappa shape index (κ3) is 5.35. The number of amides is 1. The summed E-state index contributed by atoms with van der Waals surface area (Å²) >= 11 is 0. The van der Waals surface area contributed by atoms with Gasteiger partial charge in [-0.25, -0.2) is 5.48 Å². The fraction of sp³-hybridized carbons (Fsp3) is 0.136. The van der Waals surface area contributed by atoms with Crippen LogP contribution in [0.15, 0.2) is 77.4 Å². The van der Waals surface area contributed by atoms with Crippen molar-refractivity contribution in [1.82, 2.24) is 5.48 Å². The van der Waals surface area contributed by atoms with E-state index >= 15 is 0 Å². The maximum absolute atomic E-state index is 11.4. The Balaban J connectivity index is 1.71. The van der Waals surface area contributed by atoms with E-state index in [9.17, 15) is 4.79 Å². The summed E-state index contributed by atoms with van der Waals surface area (Å²) in [5.74, 6) is 0.240. The van der Waals surface area contributed by atoms with Crippen LogP contribution in [-0.2, 0) is 0 Å². The van der Waals surface area contributed by atoms with Gasteiger partial charge in [0.25, 0.3) is 5.91 Å². The molecule has 3 aromatic rings. The maximum atomic E-state index is 11.4. The number of rotatable bonds is 8. The molecule has 0 aliphatic rings. The first-order valence-corrected chi connectivity index (χ1v) is 9.06. The number of fused-ring (bicyclic) bond motifs is 1. The summed E-state index contributed by atoms with van der Waals surface area (Å²) in [6.45, 7) is 0.667. The predicted octanol–water partition coefficient (Wildman–Crippen LogP) is 5.12. The molecule has 0 unspecified atom stereocenters. The molecule has 0 spiro atoms. The van der Waals surface area contributed by atoms with E-state index in [2.05, 4.69) is 10.0 Å². The molecule has 29 heavy (non-hydrogen) atoms. The molecule has 0 heterocycles. The normalized spacial score (nSPS) is 11.0. The smallest absolute Gasteiger partial charge is 0.274 e. The number of nitrogens with zero attached hydrogens (tertiary/aromatic N) is 3. The second-order valence-corrected chi connectivity index (χ2v) is 6.33. The van der Waals surface area contributed by atoms with Gasteiger partial charge in [0.2, 0.25) is 0 Å². The topological polar surface area (TPSA) is 107 Å². The zero-order valence-electron chi connectivity index (χ0n) is 15.7. The van der Waals surface area contributed by atoms with Crippen LogP contribution in [-0.4, -0.2) is 24.3 Å². The van der Waals surface area contributed by atoms with Gasteiger partial charge in [0.1, 0.15) is 5.75 Å². The Bertz CT molecular complexity index is 1070. The van der Waals surface area contributed by atoms with Gasteiger partial charge in [-0.3, -0.25) is 10.0 Å². The highest BCUT2D eigenvalue weighted by Gasteiger charge is 2.05. The van der Waals surface area contributed by atoms with Crippen LogP contribution < -0.4 is 10.2 Å². The lowest BCUT2D eigenvalue weighted by Crippen LogP contribution is -2.18. The van der Waals surface area contributed by atoms with E-state index in [0.717, 1.165) is 27.7 Å². The molecule has 0 atom stereocenters. The molecule has 7 nitrogen and oxygen atoms in total. The Labute approximate surface area is 167 Å². The summed E-state index contributed by atoms with van der Waals surface area (Å²) in [5.41, 5.74) is 12.4. The van der Waals surface area contributed by atoms with E-state index in [1.165, 1.54) is 0 Å². The highest BCUT2D eigenvalue weighted by atomic mass is 16.5. The average Bonchev–Trinajstić information content (AvgIpc) is 2.77. The van der Waals surface area contributed by atoms with Crippen molar-refractivity contribution in [2.45, 2.75) is 6.42 Å². The summed E-state index contributed by atoms with van der Waals surface area (Å²) in [4.78, 5) is 14.2. The molecule has 0 radical (unpaired) electrons. The molecule has 1 amide bonds. The summed E-state index contributed by atoms with van der Waals surface area (Å²) in [7, 11) is 0. The largest absolute Gasteiger partial charge is 0.493 e. The van der Waals surface area contributed by atoms with Crippen LogP contribution in [0.2, 0.25) is 0 Å². The van der Waals surface area contributed by atoms with Crippen LogP contribution in [0.3, 0.4) is 0 Å². The molecule has 146 valence electrons. The lowest BCUT2D eigenvalue weighted by molar-refractivity contribution is 0.0706. The number of ether oxygens (including phenoxy) is 1. The summed E-state index contributed by atoms with van der Waals surface area (Å²) < 4.78 is 5.98. The van der Waals surface area contributed by atoms with E-state index in [1.54, 1.807) is 29.7 Å². The Morgan fingerprint density at radius 2 is 1.86 bits per heavy atom. The van der Waals surface area contributed by atoms with Gasteiger partial charge >= 0.3 is 0 Å². The summed E-state index contributed by atoms with van der Waals surface area (Å²) in [6, 6.07) is 20.7. The van der Waals surface area contributed by atoms with Crippen molar-refractivity contribution in [3.8, 4) is 5.75 Å². The van der Waals surface area contributed by atoms with Crippen molar-refractivity contribution in [2.24, 2.45) is 5.11 Å². The van der Waals surface area contributed by atoms with Crippen molar-refractivity contribution < 1.29 is 14.7 Å². The van der Waals surface area contributed by atoms with E-state index in [0.29, 0.717) is 18.6 Å². The number of carbonyl (C=O) groups excluding carboxylic acids is 1.